The summed E-state index contributed by atoms with van der Waals surface area (Å²) in [6, 6.07) is 0.141. The molecule has 5 nitrogen and oxygen atoms in total. The van der Waals surface area contributed by atoms with Gasteiger partial charge in [-0.25, -0.2) is 12.7 Å². The molecule has 0 spiro atoms. The molecule has 6 heteroatoms. The first-order chi connectivity index (χ1) is 8.40. The van der Waals surface area contributed by atoms with E-state index in [0.717, 1.165) is 32.5 Å². The SMILES string of the molecule is CCN1CCC(N(C)S(=O)(=O)C[C@@H](C)OC)CC1. The molecule has 0 aliphatic carbocycles. The summed E-state index contributed by atoms with van der Waals surface area (Å²) in [6.45, 7) is 6.94. The summed E-state index contributed by atoms with van der Waals surface area (Å²) in [5.41, 5.74) is 0. The van der Waals surface area contributed by atoms with Crippen molar-refractivity contribution in [2.24, 2.45) is 0 Å². The van der Waals surface area contributed by atoms with Gasteiger partial charge in [-0.1, -0.05) is 6.92 Å². The average molecular weight is 278 g/mol. The fourth-order valence-corrected chi connectivity index (χ4v) is 3.94. The quantitative estimate of drug-likeness (QED) is 0.720. The maximum absolute atomic E-state index is 12.2. The molecule has 0 radical (unpaired) electrons. The van der Waals surface area contributed by atoms with Crippen LogP contribution in [0.5, 0.6) is 0 Å². The van der Waals surface area contributed by atoms with Crippen LogP contribution in [0.4, 0.5) is 0 Å². The van der Waals surface area contributed by atoms with Crippen LogP contribution in [0.15, 0.2) is 0 Å². The molecular weight excluding hydrogens is 252 g/mol. The first-order valence-electron chi connectivity index (χ1n) is 6.61. The van der Waals surface area contributed by atoms with Crippen LogP contribution in [0.2, 0.25) is 0 Å². The van der Waals surface area contributed by atoms with Crippen molar-refractivity contribution in [3.05, 3.63) is 0 Å². The molecule has 0 aromatic carbocycles. The molecule has 0 aromatic heterocycles. The Morgan fingerprint density at radius 3 is 2.39 bits per heavy atom. The average Bonchev–Trinajstić information content (AvgIpc) is 2.37. The molecule has 0 aromatic rings. The summed E-state index contributed by atoms with van der Waals surface area (Å²) < 4.78 is 31.0. The monoisotopic (exact) mass is 278 g/mol. The largest absolute Gasteiger partial charge is 0.381 e. The van der Waals surface area contributed by atoms with Crippen LogP contribution in [0.25, 0.3) is 0 Å². The molecule has 0 unspecified atom stereocenters. The summed E-state index contributed by atoms with van der Waals surface area (Å²) in [4.78, 5) is 2.36. The number of hydrogen-bond donors (Lipinski definition) is 0. The fourth-order valence-electron chi connectivity index (χ4n) is 2.31. The van der Waals surface area contributed by atoms with E-state index in [0.29, 0.717) is 0 Å². The van der Waals surface area contributed by atoms with Crippen molar-refractivity contribution in [2.75, 3.05) is 39.5 Å². The third kappa shape index (κ3) is 4.19. The first kappa shape index (κ1) is 15.9. The molecule has 0 saturated carbocycles. The summed E-state index contributed by atoms with van der Waals surface area (Å²) >= 11 is 0. The van der Waals surface area contributed by atoms with Gasteiger partial charge in [0.2, 0.25) is 10.0 Å². The highest BCUT2D eigenvalue weighted by molar-refractivity contribution is 7.89. The van der Waals surface area contributed by atoms with E-state index >= 15 is 0 Å². The highest BCUT2D eigenvalue weighted by Gasteiger charge is 2.30. The Bertz CT molecular complexity index is 337. The fraction of sp³-hybridized carbons (Fsp3) is 1.00. The van der Waals surface area contributed by atoms with Crippen molar-refractivity contribution < 1.29 is 13.2 Å². The zero-order valence-corrected chi connectivity index (χ0v) is 12.7. The summed E-state index contributed by atoms with van der Waals surface area (Å²) in [5, 5.41) is 0. The molecule has 0 bridgehead atoms. The van der Waals surface area contributed by atoms with Gasteiger partial charge in [-0.3, -0.25) is 0 Å². The van der Waals surface area contributed by atoms with Gasteiger partial charge in [0.15, 0.2) is 0 Å². The molecule has 1 heterocycles. The number of nitrogens with zero attached hydrogens (tertiary/aromatic N) is 2. The molecular formula is C12H26N2O3S. The summed E-state index contributed by atoms with van der Waals surface area (Å²) in [7, 11) is 0.0343. The number of sulfonamides is 1. The number of hydrogen-bond acceptors (Lipinski definition) is 4. The number of piperidine rings is 1. The number of likely N-dealkylation sites (tertiary alicyclic amines) is 1. The molecule has 1 aliphatic rings. The van der Waals surface area contributed by atoms with Crippen molar-refractivity contribution >= 4 is 10.0 Å². The van der Waals surface area contributed by atoms with Crippen molar-refractivity contribution in [1.29, 1.82) is 0 Å². The molecule has 1 fully saturated rings. The molecule has 1 saturated heterocycles. The minimum Gasteiger partial charge on any atom is -0.381 e. The molecule has 1 atom stereocenters. The van der Waals surface area contributed by atoms with Crippen LogP contribution in [-0.4, -0.2) is 69.3 Å². The van der Waals surface area contributed by atoms with Crippen LogP contribution in [0.3, 0.4) is 0 Å². The minimum atomic E-state index is -3.21. The lowest BCUT2D eigenvalue weighted by atomic mass is 10.1. The van der Waals surface area contributed by atoms with Crippen LogP contribution in [0.1, 0.15) is 26.7 Å². The van der Waals surface area contributed by atoms with E-state index < -0.39 is 10.0 Å². The standard InChI is InChI=1S/C12H26N2O3S/c1-5-14-8-6-12(7-9-14)13(3)18(15,16)10-11(2)17-4/h11-12H,5-10H2,1-4H3/t11-/m1/s1. The van der Waals surface area contributed by atoms with Crippen LogP contribution in [0, 0.1) is 0 Å². The Balaban J connectivity index is 2.56. The molecule has 0 amide bonds. The number of ether oxygens (including phenoxy) is 1. The van der Waals surface area contributed by atoms with Gasteiger partial charge in [-0.2, -0.15) is 0 Å². The molecule has 1 aliphatic heterocycles. The maximum Gasteiger partial charge on any atom is 0.216 e. The van der Waals surface area contributed by atoms with E-state index in [9.17, 15) is 8.42 Å². The van der Waals surface area contributed by atoms with E-state index in [1.54, 1.807) is 25.4 Å². The number of rotatable bonds is 6. The zero-order valence-electron chi connectivity index (χ0n) is 11.9. The van der Waals surface area contributed by atoms with Gasteiger partial charge in [0.05, 0.1) is 11.9 Å². The Morgan fingerprint density at radius 1 is 1.39 bits per heavy atom. The second kappa shape index (κ2) is 6.84. The van der Waals surface area contributed by atoms with Crippen molar-refractivity contribution in [3.63, 3.8) is 0 Å². The highest BCUT2D eigenvalue weighted by Crippen LogP contribution is 2.18. The predicted molar refractivity (Wildman–Crippen MR) is 73.2 cm³/mol. The van der Waals surface area contributed by atoms with Gasteiger partial charge in [-0.05, 0) is 39.4 Å². The summed E-state index contributed by atoms with van der Waals surface area (Å²) in [6.07, 6.45) is 1.59. The molecule has 0 N–H and O–H groups in total. The summed E-state index contributed by atoms with van der Waals surface area (Å²) in [5.74, 6) is 0.0635. The van der Waals surface area contributed by atoms with Crippen LogP contribution in [-0.2, 0) is 14.8 Å². The van der Waals surface area contributed by atoms with Gasteiger partial charge < -0.3 is 9.64 Å². The second-order valence-corrected chi connectivity index (χ2v) is 7.08. The third-order valence-electron chi connectivity index (χ3n) is 3.81. The third-order valence-corrected chi connectivity index (χ3v) is 5.87. The Labute approximate surface area is 111 Å². The van der Waals surface area contributed by atoms with Crippen LogP contribution >= 0.6 is 0 Å². The van der Waals surface area contributed by atoms with Crippen molar-refractivity contribution in [2.45, 2.75) is 38.8 Å². The van der Waals surface area contributed by atoms with E-state index in [-0.39, 0.29) is 17.9 Å². The van der Waals surface area contributed by atoms with Crippen molar-refractivity contribution in [1.82, 2.24) is 9.21 Å². The smallest absolute Gasteiger partial charge is 0.216 e. The van der Waals surface area contributed by atoms with Gasteiger partial charge in [0.25, 0.3) is 0 Å². The van der Waals surface area contributed by atoms with Gasteiger partial charge in [0, 0.05) is 20.2 Å². The van der Waals surface area contributed by atoms with E-state index in [1.165, 1.54) is 0 Å². The normalized spacial score (nSPS) is 21.4. The van der Waals surface area contributed by atoms with E-state index in [1.807, 2.05) is 0 Å². The first-order valence-corrected chi connectivity index (χ1v) is 8.22. The van der Waals surface area contributed by atoms with E-state index in [4.69, 9.17) is 4.74 Å². The zero-order chi connectivity index (χ0) is 13.8. The Hall–Kier alpha value is -0.170. The van der Waals surface area contributed by atoms with Gasteiger partial charge in [0.1, 0.15) is 0 Å². The minimum absolute atomic E-state index is 0.0635. The Morgan fingerprint density at radius 2 is 1.94 bits per heavy atom. The Kier molecular flexibility index (Phi) is 6.04. The van der Waals surface area contributed by atoms with Crippen LogP contribution < -0.4 is 0 Å². The lowest BCUT2D eigenvalue weighted by Gasteiger charge is -2.35. The highest BCUT2D eigenvalue weighted by atomic mass is 32.2. The predicted octanol–water partition coefficient (Wildman–Crippen LogP) is 0.767. The van der Waals surface area contributed by atoms with Crippen molar-refractivity contribution in [3.8, 4) is 0 Å². The lowest BCUT2D eigenvalue weighted by molar-refractivity contribution is 0.133. The van der Waals surface area contributed by atoms with Gasteiger partial charge in [-0.15, -0.1) is 0 Å². The second-order valence-electron chi connectivity index (χ2n) is 5.01. The lowest BCUT2D eigenvalue weighted by Crippen LogP contribution is -2.47. The molecule has 108 valence electrons. The van der Waals surface area contributed by atoms with Gasteiger partial charge >= 0.3 is 0 Å². The number of methoxy groups -OCH3 is 1. The topological polar surface area (TPSA) is 49.9 Å². The molecule has 18 heavy (non-hydrogen) atoms. The maximum atomic E-state index is 12.2. The molecule has 1 rings (SSSR count). The van der Waals surface area contributed by atoms with E-state index in [2.05, 4.69) is 11.8 Å².